The summed E-state index contributed by atoms with van der Waals surface area (Å²) in [6, 6.07) is 0. The molecule has 0 radical (unpaired) electrons. The lowest BCUT2D eigenvalue weighted by molar-refractivity contribution is 0.624. The van der Waals surface area contributed by atoms with Crippen molar-refractivity contribution in [3.05, 3.63) is 23.4 Å². The Kier molecular flexibility index (Phi) is 1.29. The monoisotopic (exact) mass is 171 g/mol. The van der Waals surface area contributed by atoms with Gasteiger partial charge >= 0.3 is 0 Å². The topological polar surface area (TPSA) is 41.6 Å². The number of pyridine rings is 1. The molecule has 0 unspecified atom stereocenters. The molecule has 11 heavy (non-hydrogen) atoms. The number of nitrogens with one attached hydrogen (secondary N) is 1. The normalized spacial score (nSPS) is 10.7. The van der Waals surface area contributed by atoms with Crippen molar-refractivity contribution in [2.45, 2.75) is 0 Å². The third-order valence-corrected chi connectivity index (χ3v) is 1.72. The molecule has 0 aliphatic rings. The number of nitrogens with zero attached hydrogens (tertiary/aromatic N) is 2. The van der Waals surface area contributed by atoms with E-state index in [1.165, 1.54) is 6.33 Å². The fraction of sp³-hybridized carbons (Fsp3) is 0. The van der Waals surface area contributed by atoms with Gasteiger partial charge in [0.1, 0.15) is 10.5 Å². The molecule has 56 valence electrons. The Labute approximate surface area is 66.2 Å². The summed E-state index contributed by atoms with van der Waals surface area (Å²) in [5.41, 5.74) is 0.864. The van der Waals surface area contributed by atoms with Crippen LogP contribution >= 0.6 is 11.6 Å². The summed E-state index contributed by atoms with van der Waals surface area (Å²) in [6.45, 7) is 0. The van der Waals surface area contributed by atoms with E-state index in [-0.39, 0.29) is 5.02 Å². The standard InChI is InChI=1S/C6H3ClFN3/c7-4-3(8)1-9-6-5(4)10-2-11-6/h1-2H,(H,9,10,11). The fourth-order valence-electron chi connectivity index (χ4n) is 0.840. The van der Waals surface area contributed by atoms with E-state index < -0.39 is 5.82 Å². The van der Waals surface area contributed by atoms with Crippen molar-refractivity contribution in [3.8, 4) is 0 Å². The number of H-pyrrole nitrogens is 1. The van der Waals surface area contributed by atoms with Gasteiger partial charge in [0.25, 0.3) is 0 Å². The van der Waals surface area contributed by atoms with Gasteiger partial charge < -0.3 is 4.98 Å². The Bertz CT molecular complexity index is 398. The molecule has 0 saturated carbocycles. The predicted molar refractivity (Wildman–Crippen MR) is 38.9 cm³/mol. The SMILES string of the molecule is Fc1cnc2nc[nH]c2c1Cl. The molecular formula is C6H3ClFN3. The number of rotatable bonds is 0. The first-order valence-corrected chi connectivity index (χ1v) is 3.30. The van der Waals surface area contributed by atoms with E-state index in [2.05, 4.69) is 15.0 Å². The second kappa shape index (κ2) is 2.17. The van der Waals surface area contributed by atoms with Gasteiger partial charge in [-0.15, -0.1) is 0 Å². The maximum absolute atomic E-state index is 12.7. The van der Waals surface area contributed by atoms with Crippen LogP contribution in [0.15, 0.2) is 12.5 Å². The number of aromatic amines is 1. The van der Waals surface area contributed by atoms with Gasteiger partial charge in [-0.25, -0.2) is 14.4 Å². The lowest BCUT2D eigenvalue weighted by Crippen LogP contribution is -1.82. The molecule has 1 N–H and O–H groups in total. The molecule has 0 fully saturated rings. The van der Waals surface area contributed by atoms with E-state index in [9.17, 15) is 4.39 Å². The Balaban J connectivity index is 2.93. The van der Waals surface area contributed by atoms with Gasteiger partial charge in [0.05, 0.1) is 12.5 Å². The second-order valence-electron chi connectivity index (χ2n) is 2.02. The summed E-state index contributed by atoms with van der Waals surface area (Å²) in [6.07, 6.45) is 2.47. The van der Waals surface area contributed by atoms with E-state index >= 15 is 0 Å². The van der Waals surface area contributed by atoms with Gasteiger partial charge in [0.15, 0.2) is 11.5 Å². The molecule has 0 amide bonds. The number of hydrogen-bond acceptors (Lipinski definition) is 2. The highest BCUT2D eigenvalue weighted by Crippen LogP contribution is 2.20. The van der Waals surface area contributed by atoms with Crippen molar-refractivity contribution >= 4 is 22.8 Å². The number of imidazole rings is 1. The maximum Gasteiger partial charge on any atom is 0.179 e. The first-order valence-electron chi connectivity index (χ1n) is 2.92. The van der Waals surface area contributed by atoms with Crippen LogP contribution in [-0.4, -0.2) is 15.0 Å². The molecule has 0 aromatic carbocycles. The fourth-order valence-corrected chi connectivity index (χ4v) is 1.03. The molecule has 3 nitrogen and oxygen atoms in total. The smallest absolute Gasteiger partial charge is 0.179 e. The van der Waals surface area contributed by atoms with E-state index in [4.69, 9.17) is 11.6 Å². The number of hydrogen-bond donors (Lipinski definition) is 1. The minimum Gasteiger partial charge on any atom is -0.342 e. The van der Waals surface area contributed by atoms with Crippen LogP contribution in [0.1, 0.15) is 0 Å². The van der Waals surface area contributed by atoms with Crippen LogP contribution < -0.4 is 0 Å². The van der Waals surface area contributed by atoms with Crippen LogP contribution in [0.5, 0.6) is 0 Å². The number of fused-ring (bicyclic) bond motifs is 1. The Hall–Kier alpha value is -1.16. The lowest BCUT2D eigenvalue weighted by atomic mass is 10.4. The summed E-state index contributed by atoms with van der Waals surface area (Å²) in [5.74, 6) is -0.539. The van der Waals surface area contributed by atoms with Gasteiger partial charge in [-0.1, -0.05) is 11.6 Å². The molecule has 0 atom stereocenters. The van der Waals surface area contributed by atoms with E-state index in [1.54, 1.807) is 0 Å². The molecule has 0 spiro atoms. The Morgan fingerprint density at radius 3 is 3.09 bits per heavy atom. The summed E-state index contributed by atoms with van der Waals surface area (Å²) >= 11 is 5.58. The zero-order chi connectivity index (χ0) is 7.84. The zero-order valence-corrected chi connectivity index (χ0v) is 6.06. The van der Waals surface area contributed by atoms with Gasteiger partial charge in [0.2, 0.25) is 0 Å². The van der Waals surface area contributed by atoms with Crippen LogP contribution in [0, 0.1) is 5.82 Å². The maximum atomic E-state index is 12.7. The highest BCUT2D eigenvalue weighted by molar-refractivity contribution is 6.34. The zero-order valence-electron chi connectivity index (χ0n) is 5.31. The summed E-state index contributed by atoms with van der Waals surface area (Å²) in [5, 5.41) is 0.0347. The third-order valence-electron chi connectivity index (χ3n) is 1.35. The molecule has 0 aliphatic carbocycles. The van der Waals surface area contributed by atoms with Crippen molar-refractivity contribution in [1.29, 1.82) is 0 Å². The third kappa shape index (κ3) is 0.867. The molecule has 2 rings (SSSR count). The van der Waals surface area contributed by atoms with E-state index in [0.29, 0.717) is 11.2 Å². The van der Waals surface area contributed by atoms with E-state index in [0.717, 1.165) is 6.20 Å². The van der Waals surface area contributed by atoms with Gasteiger partial charge in [-0.3, -0.25) is 0 Å². The van der Waals surface area contributed by atoms with Crippen molar-refractivity contribution in [3.63, 3.8) is 0 Å². The summed E-state index contributed by atoms with van der Waals surface area (Å²) in [4.78, 5) is 10.2. The van der Waals surface area contributed by atoms with Crippen molar-refractivity contribution in [2.24, 2.45) is 0 Å². The van der Waals surface area contributed by atoms with Crippen LogP contribution in [-0.2, 0) is 0 Å². The number of aromatic nitrogens is 3. The molecule has 2 heterocycles. The molecule has 0 saturated heterocycles. The van der Waals surface area contributed by atoms with Crippen LogP contribution in [0.2, 0.25) is 5.02 Å². The van der Waals surface area contributed by atoms with Crippen molar-refractivity contribution < 1.29 is 4.39 Å². The minimum absolute atomic E-state index is 0.0347. The first-order chi connectivity index (χ1) is 5.29. The lowest BCUT2D eigenvalue weighted by Gasteiger charge is -1.92. The molecular weight excluding hydrogens is 169 g/mol. The largest absolute Gasteiger partial charge is 0.342 e. The summed E-state index contributed by atoms with van der Waals surface area (Å²) < 4.78 is 12.7. The van der Waals surface area contributed by atoms with Crippen LogP contribution in [0.4, 0.5) is 4.39 Å². The van der Waals surface area contributed by atoms with E-state index in [1.807, 2.05) is 0 Å². The average Bonchev–Trinajstić information content (AvgIpc) is 2.45. The number of halogens is 2. The second-order valence-corrected chi connectivity index (χ2v) is 2.40. The molecule has 0 aliphatic heterocycles. The Morgan fingerprint density at radius 1 is 1.45 bits per heavy atom. The minimum atomic E-state index is -0.539. The molecule has 5 heteroatoms. The van der Waals surface area contributed by atoms with Crippen molar-refractivity contribution in [2.75, 3.05) is 0 Å². The Morgan fingerprint density at radius 2 is 2.27 bits per heavy atom. The summed E-state index contributed by atoms with van der Waals surface area (Å²) in [7, 11) is 0. The predicted octanol–water partition coefficient (Wildman–Crippen LogP) is 1.75. The molecule has 2 aromatic heterocycles. The first kappa shape index (κ1) is 6.54. The highest BCUT2D eigenvalue weighted by atomic mass is 35.5. The highest BCUT2D eigenvalue weighted by Gasteiger charge is 2.06. The molecule has 0 bridgehead atoms. The van der Waals surface area contributed by atoms with Gasteiger partial charge in [-0.05, 0) is 0 Å². The van der Waals surface area contributed by atoms with Crippen LogP contribution in [0.25, 0.3) is 11.2 Å². The van der Waals surface area contributed by atoms with Gasteiger partial charge in [0, 0.05) is 0 Å². The quantitative estimate of drug-likeness (QED) is 0.656. The molecule has 2 aromatic rings. The van der Waals surface area contributed by atoms with Crippen molar-refractivity contribution in [1.82, 2.24) is 15.0 Å². The average molecular weight is 172 g/mol. The van der Waals surface area contributed by atoms with Gasteiger partial charge in [-0.2, -0.15) is 0 Å². The van der Waals surface area contributed by atoms with Crippen LogP contribution in [0.3, 0.4) is 0 Å².